The van der Waals surface area contributed by atoms with Crippen LogP contribution in [0.4, 0.5) is 0 Å². The molecule has 0 aromatic heterocycles. The molecule has 1 aliphatic rings. The van der Waals surface area contributed by atoms with Crippen molar-refractivity contribution in [2.45, 2.75) is 51.6 Å². The summed E-state index contributed by atoms with van der Waals surface area (Å²) in [5.74, 6) is 0. The molecule has 1 N–H and O–H groups in total. The Bertz CT molecular complexity index is 330. The number of hydrogen-bond donors (Lipinski definition) is 1. The molecule has 0 spiro atoms. The summed E-state index contributed by atoms with van der Waals surface area (Å²) in [6.45, 7) is 6.74. The predicted octanol–water partition coefficient (Wildman–Crippen LogP) is 3.43. The van der Waals surface area contributed by atoms with E-state index in [0.717, 1.165) is 32.2 Å². The van der Waals surface area contributed by atoms with Gasteiger partial charge in [-0.25, -0.2) is 0 Å². The highest BCUT2D eigenvalue weighted by Gasteiger charge is 2.12. The maximum Gasteiger partial charge on any atom is 0.0234 e. The first-order valence-corrected chi connectivity index (χ1v) is 7.88. The lowest BCUT2D eigenvalue weighted by Crippen LogP contribution is -2.37. The lowest BCUT2D eigenvalue weighted by Gasteiger charge is -2.25. The van der Waals surface area contributed by atoms with Crippen LogP contribution < -0.4 is 5.32 Å². The fourth-order valence-electron chi connectivity index (χ4n) is 2.92. The minimum Gasteiger partial charge on any atom is -0.313 e. The first-order valence-electron chi connectivity index (χ1n) is 7.88. The molecule has 1 aromatic carbocycles. The van der Waals surface area contributed by atoms with E-state index in [-0.39, 0.29) is 0 Å². The summed E-state index contributed by atoms with van der Waals surface area (Å²) in [5, 5.41) is 3.73. The molecule has 1 aliphatic carbocycles. The smallest absolute Gasteiger partial charge is 0.0234 e. The highest BCUT2D eigenvalue weighted by atomic mass is 15.1. The van der Waals surface area contributed by atoms with Gasteiger partial charge in [0.25, 0.3) is 0 Å². The summed E-state index contributed by atoms with van der Waals surface area (Å²) in [5.41, 5.74) is 1.42. The summed E-state index contributed by atoms with van der Waals surface area (Å²) in [6.07, 6.45) is 7.03. The molecule has 0 bridgehead atoms. The minimum absolute atomic E-state index is 0.782. The Kier molecular flexibility index (Phi) is 6.38. The Morgan fingerprint density at radius 2 is 1.84 bits per heavy atom. The van der Waals surface area contributed by atoms with Crippen LogP contribution in [0.5, 0.6) is 0 Å². The van der Waals surface area contributed by atoms with E-state index in [0.29, 0.717) is 0 Å². The number of benzene rings is 1. The average Bonchev–Trinajstić information content (AvgIpc) is 2.48. The van der Waals surface area contributed by atoms with Crippen molar-refractivity contribution in [1.82, 2.24) is 10.2 Å². The molecular weight excluding hydrogens is 232 g/mol. The van der Waals surface area contributed by atoms with E-state index < -0.39 is 0 Å². The van der Waals surface area contributed by atoms with Crippen LogP contribution in [0, 0.1) is 0 Å². The molecule has 1 saturated carbocycles. The number of likely N-dealkylation sites (N-methyl/N-ethyl adjacent to an activating group) is 1. The largest absolute Gasteiger partial charge is 0.313 e. The maximum atomic E-state index is 3.73. The van der Waals surface area contributed by atoms with E-state index in [4.69, 9.17) is 0 Å². The summed E-state index contributed by atoms with van der Waals surface area (Å²) >= 11 is 0. The second kappa shape index (κ2) is 8.34. The molecule has 0 amide bonds. The van der Waals surface area contributed by atoms with E-state index in [1.54, 1.807) is 0 Å². The summed E-state index contributed by atoms with van der Waals surface area (Å²) in [6, 6.07) is 11.6. The number of hydrogen-bond acceptors (Lipinski definition) is 2. The van der Waals surface area contributed by atoms with Crippen LogP contribution in [0.1, 0.15) is 44.6 Å². The third-order valence-electron chi connectivity index (χ3n) is 4.16. The van der Waals surface area contributed by atoms with Crippen LogP contribution in [0.3, 0.4) is 0 Å². The van der Waals surface area contributed by atoms with Gasteiger partial charge in [-0.1, -0.05) is 56.5 Å². The highest BCUT2D eigenvalue weighted by Crippen LogP contribution is 2.17. The number of nitrogens with zero attached hydrogens (tertiary/aromatic N) is 1. The van der Waals surface area contributed by atoms with Crippen molar-refractivity contribution in [3.8, 4) is 0 Å². The second-order valence-corrected chi connectivity index (χ2v) is 5.64. The van der Waals surface area contributed by atoms with Gasteiger partial charge in [-0.05, 0) is 24.9 Å². The van der Waals surface area contributed by atoms with Gasteiger partial charge in [-0.3, -0.25) is 4.90 Å². The zero-order chi connectivity index (χ0) is 13.3. The van der Waals surface area contributed by atoms with Crippen molar-refractivity contribution in [3.05, 3.63) is 35.9 Å². The van der Waals surface area contributed by atoms with Gasteiger partial charge < -0.3 is 5.32 Å². The molecule has 2 heteroatoms. The Morgan fingerprint density at radius 3 is 2.53 bits per heavy atom. The zero-order valence-electron chi connectivity index (χ0n) is 12.3. The quantitative estimate of drug-likeness (QED) is 0.808. The zero-order valence-corrected chi connectivity index (χ0v) is 12.3. The predicted molar refractivity (Wildman–Crippen MR) is 82.3 cm³/mol. The Labute approximate surface area is 118 Å². The molecule has 0 aliphatic heterocycles. The van der Waals surface area contributed by atoms with Crippen molar-refractivity contribution < 1.29 is 0 Å². The van der Waals surface area contributed by atoms with Gasteiger partial charge in [0.05, 0.1) is 0 Å². The molecule has 0 radical (unpaired) electrons. The third kappa shape index (κ3) is 5.33. The fraction of sp³-hybridized carbons (Fsp3) is 0.647. The van der Waals surface area contributed by atoms with Crippen LogP contribution in [0.2, 0.25) is 0 Å². The molecule has 1 fully saturated rings. The standard InChI is InChI=1S/C17H28N2/c1-2-19(15-16-9-5-3-6-10-16)14-13-18-17-11-7-4-8-12-17/h3,5-6,9-10,17-18H,2,4,7-8,11-15H2,1H3. The van der Waals surface area contributed by atoms with E-state index >= 15 is 0 Å². The van der Waals surface area contributed by atoms with Crippen molar-refractivity contribution in [3.63, 3.8) is 0 Å². The molecule has 0 atom stereocenters. The number of rotatable bonds is 7. The van der Waals surface area contributed by atoms with Gasteiger partial charge in [0.1, 0.15) is 0 Å². The lowest BCUT2D eigenvalue weighted by molar-refractivity contribution is 0.266. The van der Waals surface area contributed by atoms with Crippen LogP contribution in [-0.2, 0) is 6.54 Å². The minimum atomic E-state index is 0.782. The van der Waals surface area contributed by atoms with Gasteiger partial charge in [-0.15, -0.1) is 0 Å². The Balaban J connectivity index is 1.67. The lowest BCUT2D eigenvalue weighted by atomic mass is 9.95. The van der Waals surface area contributed by atoms with Gasteiger partial charge in [-0.2, -0.15) is 0 Å². The van der Waals surface area contributed by atoms with Gasteiger partial charge in [0.2, 0.25) is 0 Å². The molecular formula is C17H28N2. The van der Waals surface area contributed by atoms with Crippen LogP contribution in [-0.4, -0.2) is 30.6 Å². The summed E-state index contributed by atoms with van der Waals surface area (Å²) < 4.78 is 0. The van der Waals surface area contributed by atoms with Crippen LogP contribution >= 0.6 is 0 Å². The maximum absolute atomic E-state index is 3.73. The van der Waals surface area contributed by atoms with Gasteiger partial charge in [0, 0.05) is 25.7 Å². The van der Waals surface area contributed by atoms with Gasteiger partial charge in [0.15, 0.2) is 0 Å². The molecule has 0 heterocycles. The highest BCUT2D eigenvalue weighted by molar-refractivity contribution is 5.14. The first-order chi connectivity index (χ1) is 9.38. The normalized spacial score (nSPS) is 16.9. The molecule has 1 aromatic rings. The average molecular weight is 260 g/mol. The van der Waals surface area contributed by atoms with Crippen molar-refractivity contribution in [2.24, 2.45) is 0 Å². The topological polar surface area (TPSA) is 15.3 Å². The molecule has 0 unspecified atom stereocenters. The molecule has 2 rings (SSSR count). The third-order valence-corrected chi connectivity index (χ3v) is 4.16. The SMILES string of the molecule is CCN(CCNC1CCCCC1)Cc1ccccc1. The number of nitrogens with one attached hydrogen (secondary N) is 1. The van der Waals surface area contributed by atoms with E-state index in [1.165, 1.54) is 37.7 Å². The molecule has 106 valence electrons. The van der Waals surface area contributed by atoms with E-state index in [9.17, 15) is 0 Å². The van der Waals surface area contributed by atoms with E-state index in [1.807, 2.05) is 0 Å². The van der Waals surface area contributed by atoms with E-state index in [2.05, 4.69) is 47.5 Å². The first kappa shape index (κ1) is 14.5. The molecule has 19 heavy (non-hydrogen) atoms. The Hall–Kier alpha value is -0.860. The fourth-order valence-corrected chi connectivity index (χ4v) is 2.92. The molecule has 0 saturated heterocycles. The van der Waals surface area contributed by atoms with Gasteiger partial charge >= 0.3 is 0 Å². The Morgan fingerprint density at radius 1 is 1.11 bits per heavy atom. The summed E-state index contributed by atoms with van der Waals surface area (Å²) in [4.78, 5) is 2.52. The van der Waals surface area contributed by atoms with Crippen LogP contribution in [0.15, 0.2) is 30.3 Å². The van der Waals surface area contributed by atoms with Crippen LogP contribution in [0.25, 0.3) is 0 Å². The summed E-state index contributed by atoms with van der Waals surface area (Å²) in [7, 11) is 0. The van der Waals surface area contributed by atoms with Crippen molar-refractivity contribution >= 4 is 0 Å². The monoisotopic (exact) mass is 260 g/mol. The van der Waals surface area contributed by atoms with Crippen molar-refractivity contribution in [2.75, 3.05) is 19.6 Å². The second-order valence-electron chi connectivity index (χ2n) is 5.64. The molecule has 2 nitrogen and oxygen atoms in total. The van der Waals surface area contributed by atoms with Crippen molar-refractivity contribution in [1.29, 1.82) is 0 Å².